The van der Waals surface area contributed by atoms with Crippen LogP contribution in [0.1, 0.15) is 29.5 Å². The van der Waals surface area contributed by atoms with Gasteiger partial charge >= 0.3 is 0 Å². The number of nitrogens with one attached hydrogen (secondary N) is 1. The minimum atomic E-state index is -0.200. The van der Waals surface area contributed by atoms with Crippen LogP contribution in [0.15, 0.2) is 58.6 Å². The third-order valence-electron chi connectivity index (χ3n) is 5.71. The Morgan fingerprint density at radius 2 is 2.00 bits per heavy atom. The molecule has 2 aromatic rings. The number of benzene rings is 2. The Hall–Kier alpha value is -3.37. The van der Waals surface area contributed by atoms with Crippen LogP contribution in [0.2, 0.25) is 5.02 Å². The highest BCUT2D eigenvalue weighted by Crippen LogP contribution is 2.24. The van der Waals surface area contributed by atoms with Gasteiger partial charge in [0, 0.05) is 30.1 Å². The van der Waals surface area contributed by atoms with Crippen molar-refractivity contribution in [3.05, 3.63) is 70.2 Å². The number of nitrogens with zero attached hydrogens (tertiary/aromatic N) is 5. The standard InChI is InChI=1S/C24H25ClN6O/c1-17-4-6-18(7-5-17)12-13-27-24(28-16-26)31-15-21(30-14-2-3-22(30)32)23(29-31)19-8-10-20(25)11-9-19/h4-11,21H,2-3,12-15H2,1H3,(H,27,28). The summed E-state index contributed by atoms with van der Waals surface area (Å²) in [5.41, 5.74) is 4.08. The fraction of sp³-hybridized carbons (Fsp3) is 0.333. The first kappa shape index (κ1) is 21.8. The molecule has 2 aliphatic rings. The van der Waals surface area contributed by atoms with Gasteiger partial charge in [-0.05, 0) is 37.5 Å². The van der Waals surface area contributed by atoms with Gasteiger partial charge in [0.25, 0.3) is 0 Å². The lowest BCUT2D eigenvalue weighted by Crippen LogP contribution is -2.45. The highest BCUT2D eigenvalue weighted by Gasteiger charge is 2.38. The maximum atomic E-state index is 12.5. The Morgan fingerprint density at radius 1 is 1.25 bits per heavy atom. The smallest absolute Gasteiger partial charge is 0.228 e. The monoisotopic (exact) mass is 448 g/mol. The van der Waals surface area contributed by atoms with Gasteiger partial charge in [-0.1, -0.05) is 53.6 Å². The minimum Gasteiger partial charge on any atom is -0.332 e. The lowest BCUT2D eigenvalue weighted by Gasteiger charge is -2.25. The number of nitriles is 1. The van der Waals surface area contributed by atoms with Crippen LogP contribution >= 0.6 is 11.6 Å². The third-order valence-corrected chi connectivity index (χ3v) is 5.96. The quantitative estimate of drug-likeness (QED) is 0.329. The molecule has 8 heteroatoms. The van der Waals surface area contributed by atoms with Crippen molar-refractivity contribution < 1.29 is 4.79 Å². The van der Waals surface area contributed by atoms with Gasteiger partial charge in [-0.25, -0.2) is 5.01 Å². The lowest BCUT2D eigenvalue weighted by atomic mass is 10.0. The molecular weight excluding hydrogens is 424 g/mol. The molecule has 1 N–H and O–H groups in total. The van der Waals surface area contributed by atoms with Gasteiger partial charge in [-0.15, -0.1) is 0 Å². The van der Waals surface area contributed by atoms with Crippen LogP contribution in [-0.2, 0) is 11.2 Å². The van der Waals surface area contributed by atoms with Crippen LogP contribution in [-0.4, -0.2) is 53.2 Å². The van der Waals surface area contributed by atoms with Crippen molar-refractivity contribution in [1.82, 2.24) is 15.2 Å². The van der Waals surface area contributed by atoms with Crippen molar-refractivity contribution in [1.29, 1.82) is 5.26 Å². The maximum Gasteiger partial charge on any atom is 0.228 e. The van der Waals surface area contributed by atoms with E-state index < -0.39 is 0 Å². The number of rotatable bonds is 5. The number of aliphatic imine (C=N–C) groups is 1. The van der Waals surface area contributed by atoms with Crippen molar-refractivity contribution in [3.8, 4) is 6.19 Å². The Morgan fingerprint density at radius 3 is 2.66 bits per heavy atom. The van der Waals surface area contributed by atoms with Crippen LogP contribution in [0.5, 0.6) is 0 Å². The summed E-state index contributed by atoms with van der Waals surface area (Å²) in [5.74, 6) is 0.518. The number of carbonyl (C=O) groups is 1. The zero-order valence-corrected chi connectivity index (χ0v) is 18.7. The Bertz CT molecular complexity index is 1070. The van der Waals surface area contributed by atoms with Gasteiger partial charge < -0.3 is 4.90 Å². The molecule has 1 fully saturated rings. The van der Waals surface area contributed by atoms with Crippen LogP contribution < -0.4 is 5.32 Å². The number of halogens is 1. The first-order valence-corrected chi connectivity index (χ1v) is 11.1. The molecule has 0 aromatic heterocycles. The number of likely N-dealkylation sites (tertiary alicyclic amines) is 1. The van der Waals surface area contributed by atoms with E-state index in [0.717, 1.165) is 24.1 Å². The van der Waals surface area contributed by atoms with Gasteiger partial charge in [0.2, 0.25) is 11.9 Å². The molecule has 0 aliphatic carbocycles. The second kappa shape index (κ2) is 9.84. The Labute approximate surface area is 193 Å². The first-order valence-electron chi connectivity index (χ1n) is 10.7. The molecule has 32 heavy (non-hydrogen) atoms. The number of carbonyl (C=O) groups excluding carboxylic acids is 1. The predicted molar refractivity (Wildman–Crippen MR) is 125 cm³/mol. The summed E-state index contributed by atoms with van der Waals surface area (Å²) in [6.07, 6.45) is 4.12. The normalized spacial score (nSPS) is 18.7. The topological polar surface area (TPSA) is 84.1 Å². The van der Waals surface area contributed by atoms with Crippen molar-refractivity contribution in [2.24, 2.45) is 10.1 Å². The lowest BCUT2D eigenvalue weighted by molar-refractivity contribution is -0.128. The van der Waals surface area contributed by atoms with Crippen LogP contribution in [0.4, 0.5) is 0 Å². The summed E-state index contributed by atoms with van der Waals surface area (Å²) < 4.78 is 0. The molecule has 0 saturated carbocycles. The molecule has 164 valence electrons. The van der Waals surface area contributed by atoms with Crippen molar-refractivity contribution in [2.45, 2.75) is 32.2 Å². The number of aryl methyl sites for hydroxylation is 1. The fourth-order valence-electron chi connectivity index (χ4n) is 4.02. The molecule has 1 amide bonds. The highest BCUT2D eigenvalue weighted by atomic mass is 35.5. The van der Waals surface area contributed by atoms with E-state index in [-0.39, 0.29) is 11.9 Å². The highest BCUT2D eigenvalue weighted by molar-refractivity contribution is 6.30. The van der Waals surface area contributed by atoms with E-state index in [1.807, 2.05) is 35.4 Å². The zero-order chi connectivity index (χ0) is 22.5. The molecule has 4 rings (SSSR count). The van der Waals surface area contributed by atoms with E-state index in [9.17, 15) is 10.1 Å². The first-order chi connectivity index (χ1) is 15.5. The molecule has 7 nitrogen and oxygen atoms in total. The third kappa shape index (κ3) is 4.92. The average molecular weight is 449 g/mol. The Kier molecular flexibility index (Phi) is 6.72. The number of amides is 1. The SMILES string of the molecule is Cc1ccc(CCN=C(NC#N)N2CC(N3CCCC3=O)C(c3ccc(Cl)cc3)=N2)cc1. The van der Waals surface area contributed by atoms with E-state index in [0.29, 0.717) is 37.0 Å². The largest absolute Gasteiger partial charge is 0.332 e. The molecule has 2 aliphatic heterocycles. The summed E-state index contributed by atoms with van der Waals surface area (Å²) in [5, 5.41) is 19.1. The molecule has 2 aromatic carbocycles. The number of hydrogen-bond donors (Lipinski definition) is 1. The minimum absolute atomic E-state index is 0.129. The van der Waals surface area contributed by atoms with Crippen LogP contribution in [0.3, 0.4) is 0 Å². The summed E-state index contributed by atoms with van der Waals surface area (Å²) in [7, 11) is 0. The van der Waals surface area contributed by atoms with Crippen molar-refractivity contribution in [3.63, 3.8) is 0 Å². The average Bonchev–Trinajstić information content (AvgIpc) is 3.41. The summed E-state index contributed by atoms with van der Waals surface area (Å²) in [6, 6.07) is 15.6. The molecule has 2 heterocycles. The van der Waals surface area contributed by atoms with Crippen molar-refractivity contribution in [2.75, 3.05) is 19.6 Å². The summed E-state index contributed by atoms with van der Waals surface area (Å²) in [6.45, 7) is 3.72. The zero-order valence-electron chi connectivity index (χ0n) is 18.0. The molecule has 1 saturated heterocycles. The van der Waals surface area contributed by atoms with E-state index in [1.165, 1.54) is 11.1 Å². The molecule has 0 bridgehead atoms. The van der Waals surface area contributed by atoms with Gasteiger partial charge in [0.1, 0.15) is 0 Å². The van der Waals surface area contributed by atoms with E-state index >= 15 is 0 Å². The van der Waals surface area contributed by atoms with Gasteiger partial charge in [-0.2, -0.15) is 10.4 Å². The number of guanidine groups is 1. The van der Waals surface area contributed by atoms with E-state index in [2.05, 4.69) is 41.5 Å². The molecule has 1 unspecified atom stereocenters. The van der Waals surface area contributed by atoms with Crippen LogP contribution in [0.25, 0.3) is 0 Å². The number of hydrogen-bond acceptors (Lipinski definition) is 4. The molecular formula is C24H25ClN6O. The van der Waals surface area contributed by atoms with E-state index in [4.69, 9.17) is 16.7 Å². The molecule has 0 radical (unpaired) electrons. The second-order valence-corrected chi connectivity index (χ2v) is 8.39. The Balaban J connectivity index is 1.57. The van der Waals surface area contributed by atoms with Gasteiger partial charge in [0.05, 0.1) is 18.3 Å². The molecule has 0 spiro atoms. The van der Waals surface area contributed by atoms with Gasteiger partial charge in [-0.3, -0.25) is 15.1 Å². The maximum absolute atomic E-state index is 12.5. The summed E-state index contributed by atoms with van der Waals surface area (Å²) in [4.78, 5) is 19.0. The van der Waals surface area contributed by atoms with Crippen molar-refractivity contribution >= 4 is 29.2 Å². The summed E-state index contributed by atoms with van der Waals surface area (Å²) >= 11 is 6.06. The predicted octanol–water partition coefficient (Wildman–Crippen LogP) is 3.33. The second-order valence-electron chi connectivity index (χ2n) is 7.96. The van der Waals surface area contributed by atoms with Gasteiger partial charge in [0.15, 0.2) is 6.19 Å². The van der Waals surface area contributed by atoms with E-state index in [1.54, 1.807) is 5.01 Å². The van der Waals surface area contributed by atoms with Crippen LogP contribution in [0, 0.1) is 18.4 Å². The molecule has 1 atom stereocenters. The fourth-order valence-corrected chi connectivity index (χ4v) is 4.14. The number of hydrazone groups is 1.